The number of hydrogen-bond acceptors (Lipinski definition) is 7. The molecule has 0 radical (unpaired) electrons. The van der Waals surface area contributed by atoms with Crippen molar-refractivity contribution < 1.29 is 37.3 Å². The molecule has 0 aliphatic heterocycles. The first-order chi connectivity index (χ1) is 26.6. The third kappa shape index (κ3) is 42.7. The van der Waals surface area contributed by atoms with Gasteiger partial charge < -0.3 is 27.9 Å². The lowest BCUT2D eigenvalue weighted by atomic mass is 10.1. The summed E-state index contributed by atoms with van der Waals surface area (Å²) in [6.45, 7) is 5.09. The summed E-state index contributed by atoms with van der Waals surface area (Å²) in [5, 5.41) is 0. The Balaban J connectivity index is 4.35. The molecule has 2 unspecified atom stereocenters. The Morgan fingerprint density at radius 3 is 1.49 bits per heavy atom. The quantitative estimate of drug-likeness (QED) is 0.0202. The molecule has 0 heterocycles. The normalized spacial score (nSPS) is 14.7. The lowest BCUT2D eigenvalue weighted by Crippen LogP contribution is -2.37. The molecule has 0 bridgehead atoms. The zero-order valence-corrected chi connectivity index (χ0v) is 36.5. The fourth-order valence-electron chi connectivity index (χ4n) is 5.20. The van der Waals surface area contributed by atoms with Crippen molar-refractivity contribution in [3.8, 4) is 0 Å². The second-order valence-corrected chi connectivity index (χ2v) is 16.3. The number of allylic oxidation sites excluding steroid dienone is 14. The van der Waals surface area contributed by atoms with Crippen molar-refractivity contribution in [3.63, 3.8) is 0 Å². The van der Waals surface area contributed by atoms with Gasteiger partial charge in [-0.2, -0.15) is 0 Å². The molecule has 0 aliphatic carbocycles. The number of carbonyl (C=O) groups excluding carboxylic acids is 1. The van der Waals surface area contributed by atoms with E-state index >= 15 is 0 Å². The summed E-state index contributed by atoms with van der Waals surface area (Å²) in [6.07, 6.45) is 50.2. The first-order valence-corrected chi connectivity index (χ1v) is 22.8. The molecule has 9 heteroatoms. The standard InChI is InChI=1S/C46H80NO7P/c1-6-8-10-12-14-16-18-20-22-24-25-27-29-31-33-35-37-39-46(48)54-45(44-53-55(49,50)52-42-40-47(3,4)5)43-51-41-38-36-34-32-30-28-26-23-21-19-17-15-13-11-9-7-2/h8-11,14-17,20-23,25,27,45H,6-7,12-13,18-19,24,26,28-44H2,1-5H3/b10-8-,11-9-,16-14-,17-15-,22-20-,23-21-,27-25-. The molecule has 0 aromatic rings. The van der Waals surface area contributed by atoms with Crippen LogP contribution in [-0.4, -0.2) is 70.7 Å². The molecule has 0 rings (SSSR count). The summed E-state index contributed by atoms with van der Waals surface area (Å²) in [6, 6.07) is 0. The molecule has 0 amide bonds. The van der Waals surface area contributed by atoms with Crippen LogP contribution >= 0.6 is 7.82 Å². The number of nitrogens with zero attached hydrogens (tertiary/aromatic N) is 1. The van der Waals surface area contributed by atoms with Crippen molar-refractivity contribution in [2.75, 3.05) is 54.1 Å². The van der Waals surface area contributed by atoms with Crippen molar-refractivity contribution in [3.05, 3.63) is 85.1 Å². The van der Waals surface area contributed by atoms with Crippen molar-refractivity contribution in [2.45, 2.75) is 148 Å². The summed E-state index contributed by atoms with van der Waals surface area (Å²) in [4.78, 5) is 25.0. The van der Waals surface area contributed by atoms with Gasteiger partial charge in [0.05, 0.1) is 34.4 Å². The van der Waals surface area contributed by atoms with Gasteiger partial charge in [0.1, 0.15) is 19.3 Å². The molecule has 0 aromatic carbocycles. The zero-order chi connectivity index (χ0) is 40.6. The summed E-state index contributed by atoms with van der Waals surface area (Å²) in [5.41, 5.74) is 0. The fourth-order valence-corrected chi connectivity index (χ4v) is 5.93. The molecule has 8 nitrogen and oxygen atoms in total. The van der Waals surface area contributed by atoms with Crippen LogP contribution in [0.2, 0.25) is 0 Å². The van der Waals surface area contributed by atoms with E-state index in [1.54, 1.807) is 0 Å². The van der Waals surface area contributed by atoms with Gasteiger partial charge in [-0.1, -0.05) is 137 Å². The van der Waals surface area contributed by atoms with Gasteiger partial charge in [0, 0.05) is 13.0 Å². The largest absolute Gasteiger partial charge is 0.756 e. The van der Waals surface area contributed by atoms with Crippen molar-refractivity contribution in [1.29, 1.82) is 0 Å². The van der Waals surface area contributed by atoms with Gasteiger partial charge in [-0.15, -0.1) is 0 Å². The number of unbranched alkanes of at least 4 members (excludes halogenated alkanes) is 10. The summed E-state index contributed by atoms with van der Waals surface area (Å²) in [5.74, 6) is -0.367. The van der Waals surface area contributed by atoms with E-state index in [9.17, 15) is 14.3 Å². The maximum atomic E-state index is 12.7. The Hall–Kier alpha value is -2.32. The van der Waals surface area contributed by atoms with Crippen LogP contribution in [0.3, 0.4) is 0 Å². The number of ether oxygens (including phenoxy) is 2. The predicted molar refractivity (Wildman–Crippen MR) is 231 cm³/mol. The van der Waals surface area contributed by atoms with Gasteiger partial charge in [-0.3, -0.25) is 9.36 Å². The number of phosphoric ester groups is 1. The van der Waals surface area contributed by atoms with Crippen LogP contribution in [0.25, 0.3) is 0 Å². The third-order valence-electron chi connectivity index (χ3n) is 8.44. The third-order valence-corrected chi connectivity index (χ3v) is 9.41. The SMILES string of the molecule is CC/C=C\C/C=C\C/C=C\C/C=C\CCCCCCC(=O)OC(COCCCCCCCC/C=C\C/C=C\C/C=C\CC)COP(=O)([O-])OCC[N+](C)(C)C. The molecule has 0 aliphatic rings. The van der Waals surface area contributed by atoms with Gasteiger partial charge >= 0.3 is 5.97 Å². The summed E-state index contributed by atoms with van der Waals surface area (Å²) in [7, 11) is 1.31. The molecule has 316 valence electrons. The number of hydrogen-bond donors (Lipinski definition) is 0. The molecule has 2 atom stereocenters. The lowest BCUT2D eigenvalue weighted by Gasteiger charge is -2.28. The maximum absolute atomic E-state index is 12.7. The monoisotopic (exact) mass is 790 g/mol. The van der Waals surface area contributed by atoms with Gasteiger partial charge in [-0.25, -0.2) is 0 Å². The van der Waals surface area contributed by atoms with Crippen molar-refractivity contribution in [1.82, 2.24) is 0 Å². The average molecular weight is 790 g/mol. The number of phosphoric acid groups is 1. The second-order valence-electron chi connectivity index (χ2n) is 14.9. The number of rotatable bonds is 38. The van der Waals surface area contributed by atoms with Gasteiger partial charge in [0.2, 0.25) is 0 Å². The average Bonchev–Trinajstić information content (AvgIpc) is 3.13. The summed E-state index contributed by atoms with van der Waals surface area (Å²) < 4.78 is 34.5. The van der Waals surface area contributed by atoms with E-state index in [1.165, 1.54) is 19.3 Å². The van der Waals surface area contributed by atoms with Gasteiger partial charge in [-0.05, 0) is 83.5 Å². The molecule has 0 saturated heterocycles. The van der Waals surface area contributed by atoms with Crippen LogP contribution in [0.5, 0.6) is 0 Å². The van der Waals surface area contributed by atoms with E-state index in [4.69, 9.17) is 18.5 Å². The second kappa shape index (κ2) is 38.5. The van der Waals surface area contributed by atoms with E-state index in [0.717, 1.165) is 103 Å². The van der Waals surface area contributed by atoms with E-state index < -0.39 is 13.9 Å². The van der Waals surface area contributed by atoms with Crippen LogP contribution in [0.15, 0.2) is 85.1 Å². The van der Waals surface area contributed by atoms with Crippen LogP contribution in [0, 0.1) is 0 Å². The Morgan fingerprint density at radius 1 is 0.564 bits per heavy atom. The minimum absolute atomic E-state index is 0.0131. The van der Waals surface area contributed by atoms with E-state index in [2.05, 4.69) is 98.9 Å². The Kier molecular flexibility index (Phi) is 36.9. The Labute approximate surface area is 337 Å². The molecular weight excluding hydrogens is 709 g/mol. The van der Waals surface area contributed by atoms with Crippen LogP contribution in [-0.2, 0) is 27.9 Å². The predicted octanol–water partition coefficient (Wildman–Crippen LogP) is 11.9. The highest BCUT2D eigenvalue weighted by atomic mass is 31.2. The van der Waals surface area contributed by atoms with Crippen LogP contribution in [0.4, 0.5) is 0 Å². The van der Waals surface area contributed by atoms with E-state index in [-0.39, 0.29) is 32.2 Å². The molecular formula is C46H80NO7P. The number of carbonyl (C=O) groups is 1. The number of quaternary nitrogens is 1. The lowest BCUT2D eigenvalue weighted by molar-refractivity contribution is -0.870. The van der Waals surface area contributed by atoms with Crippen molar-refractivity contribution >= 4 is 13.8 Å². The topological polar surface area (TPSA) is 94.1 Å². The first kappa shape index (κ1) is 52.7. The number of likely N-dealkylation sites (N-methyl/N-ethyl adjacent to an activating group) is 1. The minimum Gasteiger partial charge on any atom is -0.756 e. The maximum Gasteiger partial charge on any atom is 0.306 e. The molecule has 0 N–H and O–H groups in total. The molecule has 0 aromatic heterocycles. The fraction of sp³-hybridized carbons (Fsp3) is 0.674. The molecule has 0 spiro atoms. The summed E-state index contributed by atoms with van der Waals surface area (Å²) >= 11 is 0. The number of esters is 1. The molecule has 0 fully saturated rings. The van der Waals surface area contributed by atoms with Crippen molar-refractivity contribution in [2.24, 2.45) is 0 Å². The smallest absolute Gasteiger partial charge is 0.306 e. The minimum atomic E-state index is -4.54. The Morgan fingerprint density at radius 2 is 1.00 bits per heavy atom. The highest BCUT2D eigenvalue weighted by molar-refractivity contribution is 7.45. The highest BCUT2D eigenvalue weighted by Crippen LogP contribution is 2.38. The Bertz CT molecular complexity index is 1150. The zero-order valence-electron chi connectivity index (χ0n) is 35.6. The van der Waals surface area contributed by atoms with Crippen LogP contribution < -0.4 is 4.89 Å². The van der Waals surface area contributed by atoms with Gasteiger partial charge in [0.25, 0.3) is 7.82 Å². The molecule has 0 saturated carbocycles. The molecule has 55 heavy (non-hydrogen) atoms. The van der Waals surface area contributed by atoms with Gasteiger partial charge in [0.15, 0.2) is 0 Å². The van der Waals surface area contributed by atoms with Crippen LogP contribution in [0.1, 0.15) is 142 Å². The van der Waals surface area contributed by atoms with E-state index in [0.29, 0.717) is 17.6 Å². The highest BCUT2D eigenvalue weighted by Gasteiger charge is 2.20. The van der Waals surface area contributed by atoms with E-state index in [1.807, 2.05) is 21.1 Å². The first-order valence-electron chi connectivity index (χ1n) is 21.3.